The van der Waals surface area contributed by atoms with Crippen LogP contribution in [-0.2, 0) is 17.8 Å². The number of anilines is 2. The third-order valence-electron chi connectivity index (χ3n) is 9.15. The SMILES string of the molecule is C=CC(=O)N1C[C@H](C)N(c2c(C#N)c(OC[C@@H]3CCCN3C)nc3c2CCN(c2c(Cl)c(F)cc4[nH]ncc24)C3)C[C@H]1C. The van der Waals surface area contributed by atoms with Gasteiger partial charge in [0.05, 0.1) is 35.3 Å². The largest absolute Gasteiger partial charge is 0.475 e. The number of pyridine rings is 1. The molecule has 0 spiro atoms. The first-order valence-corrected chi connectivity index (χ1v) is 15.1. The van der Waals surface area contributed by atoms with E-state index < -0.39 is 5.82 Å². The third kappa shape index (κ3) is 5.17. The zero-order valence-corrected chi connectivity index (χ0v) is 25.5. The lowest BCUT2D eigenvalue weighted by Gasteiger charge is -2.46. The van der Waals surface area contributed by atoms with E-state index in [0.717, 1.165) is 41.7 Å². The van der Waals surface area contributed by atoms with Crippen LogP contribution in [0.2, 0.25) is 5.02 Å². The quantitative estimate of drug-likeness (QED) is 0.415. The number of hydrogen-bond donors (Lipinski definition) is 1. The molecule has 43 heavy (non-hydrogen) atoms. The molecule has 2 aromatic heterocycles. The van der Waals surface area contributed by atoms with E-state index in [0.29, 0.717) is 61.9 Å². The number of hydrogen-bond acceptors (Lipinski definition) is 8. The van der Waals surface area contributed by atoms with Crippen molar-refractivity contribution in [3.63, 3.8) is 0 Å². The molecule has 5 heterocycles. The minimum absolute atomic E-state index is 0.0393. The zero-order valence-electron chi connectivity index (χ0n) is 24.7. The number of ether oxygens (including phenoxy) is 1. The van der Waals surface area contributed by atoms with Gasteiger partial charge in [0.1, 0.15) is 29.1 Å². The van der Waals surface area contributed by atoms with Gasteiger partial charge in [-0.05, 0) is 52.8 Å². The number of nitrogens with one attached hydrogen (secondary N) is 1. The Morgan fingerprint density at radius 2 is 2.12 bits per heavy atom. The normalized spacial score (nSPS) is 22.5. The molecule has 3 atom stereocenters. The number of amides is 1. The van der Waals surface area contributed by atoms with Crippen molar-refractivity contribution in [2.75, 3.05) is 49.6 Å². The number of aromatic nitrogens is 3. The molecule has 0 unspecified atom stereocenters. The topological polar surface area (TPSA) is 105 Å². The molecule has 3 aliphatic rings. The van der Waals surface area contributed by atoms with Gasteiger partial charge in [-0.3, -0.25) is 9.89 Å². The summed E-state index contributed by atoms with van der Waals surface area (Å²) in [6.45, 7) is 11.1. The van der Waals surface area contributed by atoms with E-state index >= 15 is 0 Å². The van der Waals surface area contributed by atoms with Crippen molar-refractivity contribution in [3.05, 3.63) is 52.6 Å². The van der Waals surface area contributed by atoms with Crippen molar-refractivity contribution < 1.29 is 13.9 Å². The van der Waals surface area contributed by atoms with Crippen LogP contribution in [0, 0.1) is 17.1 Å². The molecule has 12 heteroatoms. The van der Waals surface area contributed by atoms with Crippen molar-refractivity contribution >= 4 is 39.8 Å². The Labute approximate surface area is 255 Å². The first-order valence-electron chi connectivity index (χ1n) is 14.8. The zero-order chi connectivity index (χ0) is 30.4. The Balaban J connectivity index is 1.43. The molecule has 1 N–H and O–H groups in total. The molecule has 0 radical (unpaired) electrons. The van der Waals surface area contributed by atoms with Crippen molar-refractivity contribution in [1.29, 1.82) is 5.26 Å². The van der Waals surface area contributed by atoms with Gasteiger partial charge in [-0.1, -0.05) is 18.2 Å². The van der Waals surface area contributed by atoms with Gasteiger partial charge in [0.25, 0.3) is 0 Å². The van der Waals surface area contributed by atoms with Crippen LogP contribution < -0.4 is 14.5 Å². The van der Waals surface area contributed by atoms with Crippen molar-refractivity contribution in [2.45, 2.75) is 57.8 Å². The number of piperazine rings is 1. The number of H-pyrrole nitrogens is 1. The molecule has 226 valence electrons. The highest BCUT2D eigenvalue weighted by Crippen LogP contribution is 2.42. The Morgan fingerprint density at radius 3 is 2.84 bits per heavy atom. The molecule has 10 nitrogen and oxygen atoms in total. The molecule has 0 saturated carbocycles. The number of carbonyl (C=O) groups is 1. The van der Waals surface area contributed by atoms with Crippen LogP contribution in [0.25, 0.3) is 10.9 Å². The van der Waals surface area contributed by atoms with Crippen LogP contribution in [0.5, 0.6) is 5.88 Å². The van der Waals surface area contributed by atoms with Gasteiger partial charge >= 0.3 is 0 Å². The highest BCUT2D eigenvalue weighted by Gasteiger charge is 2.37. The summed E-state index contributed by atoms with van der Waals surface area (Å²) in [7, 11) is 2.09. The summed E-state index contributed by atoms with van der Waals surface area (Å²) in [5.41, 5.74) is 4.09. The summed E-state index contributed by atoms with van der Waals surface area (Å²) in [5, 5.41) is 18.3. The number of likely N-dealkylation sites (N-methyl/N-ethyl adjacent to an activating group) is 1. The van der Waals surface area contributed by atoms with Crippen LogP contribution in [-0.4, -0.2) is 88.8 Å². The van der Waals surface area contributed by atoms with E-state index in [1.54, 1.807) is 6.20 Å². The number of nitrogens with zero attached hydrogens (tertiary/aromatic N) is 7. The molecular formula is C31H36ClFN8O2. The summed E-state index contributed by atoms with van der Waals surface area (Å²) in [4.78, 5) is 25.9. The lowest BCUT2D eigenvalue weighted by atomic mass is 9.95. The van der Waals surface area contributed by atoms with Gasteiger partial charge in [-0.2, -0.15) is 10.4 Å². The third-order valence-corrected chi connectivity index (χ3v) is 9.51. The fourth-order valence-corrected chi connectivity index (χ4v) is 7.08. The van der Waals surface area contributed by atoms with E-state index in [-0.39, 0.29) is 29.1 Å². The van der Waals surface area contributed by atoms with E-state index in [1.807, 2.05) is 16.7 Å². The highest BCUT2D eigenvalue weighted by atomic mass is 35.5. The van der Waals surface area contributed by atoms with Gasteiger partial charge in [-0.25, -0.2) is 9.37 Å². The van der Waals surface area contributed by atoms with E-state index in [2.05, 4.69) is 46.6 Å². The Morgan fingerprint density at radius 1 is 1.30 bits per heavy atom. The molecule has 2 saturated heterocycles. The predicted molar refractivity (Wildman–Crippen MR) is 164 cm³/mol. The smallest absolute Gasteiger partial charge is 0.246 e. The Bertz CT molecular complexity index is 1620. The lowest BCUT2D eigenvalue weighted by molar-refractivity contribution is -0.128. The van der Waals surface area contributed by atoms with Crippen LogP contribution >= 0.6 is 11.6 Å². The number of carbonyl (C=O) groups excluding carboxylic acids is 1. The van der Waals surface area contributed by atoms with Crippen LogP contribution in [0.1, 0.15) is 43.5 Å². The number of likely N-dealkylation sites (tertiary alicyclic amines) is 1. The highest BCUT2D eigenvalue weighted by molar-refractivity contribution is 6.35. The second-order valence-electron chi connectivity index (χ2n) is 11.8. The van der Waals surface area contributed by atoms with Crippen molar-refractivity contribution in [3.8, 4) is 11.9 Å². The molecule has 0 aliphatic carbocycles. The van der Waals surface area contributed by atoms with Gasteiger partial charge in [0, 0.05) is 54.8 Å². The average molecular weight is 607 g/mol. The Kier molecular flexibility index (Phi) is 7.92. The fraction of sp³-hybridized carbons (Fsp3) is 0.484. The molecular weight excluding hydrogens is 571 g/mol. The average Bonchev–Trinajstić information content (AvgIpc) is 3.64. The number of halogens is 2. The summed E-state index contributed by atoms with van der Waals surface area (Å²) in [6, 6.07) is 3.87. The Hall–Kier alpha value is -3.88. The minimum Gasteiger partial charge on any atom is -0.475 e. The van der Waals surface area contributed by atoms with Gasteiger partial charge in [-0.15, -0.1) is 0 Å². The number of aromatic amines is 1. The number of fused-ring (bicyclic) bond motifs is 2. The molecule has 1 aromatic carbocycles. The van der Waals surface area contributed by atoms with Crippen LogP contribution in [0.4, 0.5) is 15.8 Å². The maximum absolute atomic E-state index is 14.9. The standard InChI is InChI=1S/C31H36ClFN8O2/c1-5-27(42)40-14-19(3)41(15-18(40)2)29-21-8-10-39(30-23-13-35-37-25(23)11-24(33)28(30)32)16-26(21)36-31(22(29)12-34)43-17-20-7-6-9-38(20)4/h5,11,13,18-20H,1,6-10,14-17H2,2-4H3,(H,35,37)/t18-,19+,20+/m1/s1. The summed E-state index contributed by atoms with van der Waals surface area (Å²) < 4.78 is 21.2. The molecule has 3 aromatic rings. The minimum atomic E-state index is -0.521. The molecule has 0 bridgehead atoms. The fourth-order valence-electron chi connectivity index (χ4n) is 6.80. The van der Waals surface area contributed by atoms with Crippen molar-refractivity contribution in [2.24, 2.45) is 0 Å². The summed E-state index contributed by atoms with van der Waals surface area (Å²) in [5.74, 6) is -0.317. The second kappa shape index (κ2) is 11.7. The maximum Gasteiger partial charge on any atom is 0.246 e. The number of benzene rings is 1. The maximum atomic E-state index is 14.9. The summed E-state index contributed by atoms with van der Waals surface area (Å²) in [6.07, 6.45) is 5.70. The van der Waals surface area contributed by atoms with Gasteiger partial charge in [0.15, 0.2) is 0 Å². The molecule has 1 amide bonds. The van der Waals surface area contributed by atoms with E-state index in [4.69, 9.17) is 21.3 Å². The number of nitriles is 1. The predicted octanol–water partition coefficient (Wildman–Crippen LogP) is 4.27. The molecule has 3 aliphatic heterocycles. The molecule has 2 fully saturated rings. The van der Waals surface area contributed by atoms with Crippen LogP contribution in [0.3, 0.4) is 0 Å². The van der Waals surface area contributed by atoms with Gasteiger partial charge < -0.3 is 24.3 Å². The van der Waals surface area contributed by atoms with E-state index in [9.17, 15) is 14.4 Å². The second-order valence-corrected chi connectivity index (χ2v) is 12.2. The lowest BCUT2D eigenvalue weighted by Crippen LogP contribution is -2.58. The van der Waals surface area contributed by atoms with Crippen molar-refractivity contribution in [1.82, 2.24) is 25.0 Å². The van der Waals surface area contributed by atoms with E-state index in [1.165, 1.54) is 12.1 Å². The molecule has 6 rings (SSSR count). The van der Waals surface area contributed by atoms with Gasteiger partial charge in [0.2, 0.25) is 11.8 Å². The first kappa shape index (κ1) is 29.2. The summed E-state index contributed by atoms with van der Waals surface area (Å²) >= 11 is 6.55. The number of rotatable bonds is 6. The monoisotopic (exact) mass is 606 g/mol. The van der Waals surface area contributed by atoms with Crippen LogP contribution in [0.15, 0.2) is 24.9 Å². The first-order chi connectivity index (χ1) is 20.7.